The number of alkyl halides is 9. The topological polar surface area (TPSA) is 159 Å². The van der Waals surface area contributed by atoms with E-state index in [1.807, 2.05) is 24.3 Å². The fourth-order valence-corrected chi connectivity index (χ4v) is 6.40. The van der Waals surface area contributed by atoms with Crippen molar-refractivity contribution in [3.63, 3.8) is 0 Å². The van der Waals surface area contributed by atoms with Crippen LogP contribution in [0.25, 0.3) is 42.9 Å². The summed E-state index contributed by atoms with van der Waals surface area (Å²) in [6, 6.07) is 23.7. The van der Waals surface area contributed by atoms with Gasteiger partial charge in [-0.05, 0) is 48.5 Å². The predicted molar refractivity (Wildman–Crippen MR) is 202 cm³/mol. The molecular formula is C38H22F9N7O4S2. The molecule has 308 valence electrons. The number of thiazole rings is 2. The van der Waals surface area contributed by atoms with Crippen molar-refractivity contribution in [1.29, 1.82) is 0 Å². The van der Waals surface area contributed by atoms with Crippen molar-refractivity contribution in [3.05, 3.63) is 126 Å². The Kier molecular flexibility index (Phi) is 12.4. The van der Waals surface area contributed by atoms with Gasteiger partial charge in [0.05, 0.1) is 37.4 Å². The highest BCUT2D eigenvalue weighted by molar-refractivity contribution is 7.22. The number of anilines is 1. The number of aromatic nitrogens is 6. The number of nitrogens with zero attached hydrogens (tertiary/aromatic N) is 6. The van der Waals surface area contributed by atoms with Crippen LogP contribution in [0.3, 0.4) is 0 Å². The molecule has 0 saturated carbocycles. The number of nitrogen functional groups attached to an aromatic ring is 1. The first kappa shape index (κ1) is 42.7. The lowest BCUT2D eigenvalue weighted by Gasteiger charge is -2.09. The number of carboxylic acid groups (broad SMARTS) is 1. The molecule has 4 aromatic carbocycles. The maximum absolute atomic E-state index is 12.7. The van der Waals surface area contributed by atoms with E-state index in [1.54, 1.807) is 29.8 Å². The number of hydrogen-bond acceptors (Lipinski definition) is 12. The third kappa shape index (κ3) is 10.8. The van der Waals surface area contributed by atoms with Crippen molar-refractivity contribution in [1.82, 2.24) is 29.9 Å². The number of rotatable bonds is 6. The van der Waals surface area contributed by atoms with E-state index in [2.05, 4.69) is 29.9 Å². The second kappa shape index (κ2) is 17.5. The third-order valence-corrected chi connectivity index (χ3v) is 9.34. The van der Waals surface area contributed by atoms with Crippen LogP contribution in [0.4, 0.5) is 44.6 Å². The van der Waals surface area contributed by atoms with Crippen LogP contribution >= 0.6 is 22.7 Å². The zero-order valence-corrected chi connectivity index (χ0v) is 31.3. The molecule has 8 rings (SSSR count). The van der Waals surface area contributed by atoms with Crippen LogP contribution in [-0.4, -0.2) is 47.2 Å². The van der Waals surface area contributed by atoms with Crippen molar-refractivity contribution in [3.8, 4) is 45.8 Å². The van der Waals surface area contributed by atoms with Crippen LogP contribution in [0.1, 0.15) is 11.1 Å². The number of para-hydroxylation sites is 2. The maximum atomic E-state index is 12.7. The molecule has 4 heterocycles. The number of carbonyl (C=O) groups is 1. The van der Waals surface area contributed by atoms with E-state index in [1.165, 1.54) is 59.6 Å². The largest absolute Gasteiger partial charge is 0.490 e. The smallest absolute Gasteiger partial charge is 0.475 e. The molecule has 0 amide bonds. The Morgan fingerprint density at radius 1 is 0.600 bits per heavy atom. The van der Waals surface area contributed by atoms with Gasteiger partial charge in [-0.3, -0.25) is 0 Å². The molecule has 0 radical (unpaired) electrons. The summed E-state index contributed by atoms with van der Waals surface area (Å²) >= 11 is 2.84. The van der Waals surface area contributed by atoms with Crippen LogP contribution in [0, 0.1) is 0 Å². The van der Waals surface area contributed by atoms with Gasteiger partial charge in [-0.1, -0.05) is 47.7 Å². The van der Waals surface area contributed by atoms with E-state index in [-0.39, 0.29) is 11.8 Å². The third-order valence-electron chi connectivity index (χ3n) is 7.69. The van der Waals surface area contributed by atoms with E-state index < -0.39 is 35.6 Å². The number of ether oxygens (including phenoxy) is 2. The quantitative estimate of drug-likeness (QED) is 0.153. The van der Waals surface area contributed by atoms with Crippen LogP contribution in [-0.2, 0) is 17.1 Å². The van der Waals surface area contributed by atoms with Crippen molar-refractivity contribution >= 4 is 54.2 Å². The molecule has 8 aromatic rings. The molecule has 60 heavy (non-hydrogen) atoms. The van der Waals surface area contributed by atoms with Crippen molar-refractivity contribution in [2.75, 3.05) is 5.73 Å². The average molecular weight is 876 g/mol. The predicted octanol–water partition coefficient (Wildman–Crippen LogP) is 11.3. The molecule has 0 fully saturated rings. The normalized spacial score (nSPS) is 11.6. The zero-order valence-electron chi connectivity index (χ0n) is 29.6. The molecule has 11 nitrogen and oxygen atoms in total. The van der Waals surface area contributed by atoms with Crippen molar-refractivity contribution in [2.45, 2.75) is 18.5 Å². The lowest BCUT2D eigenvalue weighted by atomic mass is 10.1. The summed E-state index contributed by atoms with van der Waals surface area (Å²) in [5, 5.41) is 7.55. The first-order valence-electron chi connectivity index (χ1n) is 16.5. The van der Waals surface area contributed by atoms with Gasteiger partial charge in [-0.25, -0.2) is 34.7 Å². The number of nitrogens with two attached hydrogens (primary N) is 1. The van der Waals surface area contributed by atoms with Crippen LogP contribution in [0.5, 0.6) is 23.3 Å². The van der Waals surface area contributed by atoms with Gasteiger partial charge in [-0.15, -0.1) is 11.3 Å². The van der Waals surface area contributed by atoms with Gasteiger partial charge in [0.15, 0.2) is 16.6 Å². The highest BCUT2D eigenvalue weighted by Gasteiger charge is 2.38. The van der Waals surface area contributed by atoms with Crippen molar-refractivity contribution < 1.29 is 58.9 Å². The lowest BCUT2D eigenvalue weighted by molar-refractivity contribution is -0.192. The van der Waals surface area contributed by atoms with Gasteiger partial charge >= 0.3 is 24.5 Å². The van der Waals surface area contributed by atoms with E-state index in [9.17, 15) is 39.5 Å². The molecule has 0 saturated heterocycles. The molecular weight excluding hydrogens is 854 g/mol. The summed E-state index contributed by atoms with van der Waals surface area (Å²) < 4.78 is 121. The fourth-order valence-electron chi connectivity index (χ4n) is 4.96. The summed E-state index contributed by atoms with van der Waals surface area (Å²) in [6.45, 7) is 0. The Bertz CT molecular complexity index is 2740. The number of fused-ring (bicyclic) bond motifs is 2. The van der Waals surface area contributed by atoms with E-state index >= 15 is 0 Å². The summed E-state index contributed by atoms with van der Waals surface area (Å²) in [5.74, 6) is -1.18. The molecule has 0 atom stereocenters. The highest BCUT2D eigenvalue weighted by atomic mass is 32.1. The fraction of sp³-hybridized carbons (Fsp3) is 0.0789. The summed E-state index contributed by atoms with van der Waals surface area (Å²) in [4.78, 5) is 33.8. The molecule has 4 aromatic heterocycles. The van der Waals surface area contributed by atoms with Crippen molar-refractivity contribution in [2.24, 2.45) is 0 Å². The first-order chi connectivity index (χ1) is 28.3. The van der Waals surface area contributed by atoms with Gasteiger partial charge < -0.3 is 20.3 Å². The Morgan fingerprint density at radius 3 is 1.50 bits per heavy atom. The second-order valence-electron chi connectivity index (χ2n) is 11.8. The molecule has 0 aliphatic carbocycles. The minimum absolute atomic E-state index is 0.249. The van der Waals surface area contributed by atoms with Gasteiger partial charge in [0.2, 0.25) is 11.8 Å². The number of benzene rings is 4. The molecule has 0 aliphatic rings. The lowest BCUT2D eigenvalue weighted by Crippen LogP contribution is -2.21. The Hall–Kier alpha value is -6.94. The SMILES string of the molecule is FC(F)(F)c1ccc(-c2cc(Oc3cccc4scnc34)ncn2)cc1.Nc1nc2c(Oc3cc(-c4ccc(C(F)(F)F)cc4)ncn3)cccc2s1.O=C(O)C(F)(F)F. The monoisotopic (exact) mass is 875 g/mol. The molecule has 0 spiro atoms. The number of aliphatic carboxylic acids is 1. The first-order valence-corrected chi connectivity index (χ1v) is 18.2. The zero-order chi connectivity index (χ0) is 43.2. The van der Waals surface area contributed by atoms with Gasteiger partial charge in [0.1, 0.15) is 23.7 Å². The summed E-state index contributed by atoms with van der Waals surface area (Å²) in [6.07, 6.45) is -11.2. The van der Waals surface area contributed by atoms with Crippen LogP contribution in [0.15, 0.2) is 115 Å². The number of halogens is 9. The number of carboxylic acids is 1. The average Bonchev–Trinajstić information content (AvgIpc) is 3.85. The van der Waals surface area contributed by atoms with E-state index in [0.717, 1.165) is 39.2 Å². The maximum Gasteiger partial charge on any atom is 0.490 e. The second-order valence-corrected chi connectivity index (χ2v) is 13.7. The van der Waals surface area contributed by atoms with Gasteiger partial charge in [-0.2, -0.15) is 39.5 Å². The highest BCUT2D eigenvalue weighted by Crippen LogP contribution is 2.36. The van der Waals surface area contributed by atoms with Gasteiger partial charge in [0.25, 0.3) is 0 Å². The van der Waals surface area contributed by atoms with Crippen LogP contribution < -0.4 is 15.2 Å². The molecule has 0 aliphatic heterocycles. The molecule has 3 N–H and O–H groups in total. The minimum Gasteiger partial charge on any atom is -0.475 e. The van der Waals surface area contributed by atoms with Crippen LogP contribution in [0.2, 0.25) is 0 Å². The number of hydrogen-bond donors (Lipinski definition) is 2. The minimum atomic E-state index is -5.08. The molecule has 0 unspecified atom stereocenters. The van der Waals surface area contributed by atoms with E-state index in [0.29, 0.717) is 44.7 Å². The summed E-state index contributed by atoms with van der Waals surface area (Å²) in [5.41, 5.74) is 9.36. The Balaban J connectivity index is 0.000000174. The van der Waals surface area contributed by atoms with Gasteiger partial charge in [0, 0.05) is 23.3 Å². The molecule has 22 heteroatoms. The Morgan fingerprint density at radius 2 is 1.05 bits per heavy atom. The van der Waals surface area contributed by atoms with E-state index in [4.69, 9.17) is 25.1 Å². The standard InChI is InChI=1S/C18H11F3N4OS.C18H10F3N3OS.C2HF3O2/c19-18(20,21)11-6-4-10(5-7-11)12-8-15(24-9-23-12)26-13-2-1-3-14-16(13)25-17(22)27-14;19-18(20,21)12-6-4-11(5-7-12)13-8-16(23-9-22-13)25-14-2-1-3-15-17(14)24-10-26-15;3-2(4,5)1(6)7/h1-9H,(H2,22,25);1-10H;(H,6,7). The molecule has 0 bridgehead atoms. The Labute approximate surface area is 338 Å². The summed E-state index contributed by atoms with van der Waals surface area (Å²) in [7, 11) is 0.